The highest BCUT2D eigenvalue weighted by Gasteiger charge is 2.52. The lowest BCUT2D eigenvalue weighted by atomic mass is 9.90. The molecule has 3 rings (SSSR count). The second kappa shape index (κ2) is 4.93. The second-order valence-corrected chi connectivity index (χ2v) is 8.47. The molecule has 2 amide bonds. The molecule has 2 aliphatic heterocycles. The number of carbonyl (C=O) groups is 2. The van der Waals surface area contributed by atoms with Crippen molar-refractivity contribution in [3.05, 3.63) is 0 Å². The normalized spacial score (nSPS) is 36.7. The van der Waals surface area contributed by atoms with Crippen molar-refractivity contribution < 1.29 is 9.59 Å². The van der Waals surface area contributed by atoms with Gasteiger partial charge in [-0.3, -0.25) is 9.59 Å². The fourth-order valence-corrected chi connectivity index (χ4v) is 5.13. The van der Waals surface area contributed by atoms with Gasteiger partial charge in [0.05, 0.1) is 0 Å². The van der Waals surface area contributed by atoms with E-state index in [-0.39, 0.29) is 22.6 Å². The predicted molar refractivity (Wildman–Crippen MR) is 80.6 cm³/mol. The molecular weight excluding hydrogens is 272 g/mol. The zero-order valence-corrected chi connectivity index (χ0v) is 13.2. The maximum absolute atomic E-state index is 12.9. The topological polar surface area (TPSA) is 49.4 Å². The van der Waals surface area contributed by atoms with Crippen LogP contribution in [0.25, 0.3) is 0 Å². The van der Waals surface area contributed by atoms with Gasteiger partial charge in [-0.25, -0.2) is 0 Å². The van der Waals surface area contributed by atoms with Gasteiger partial charge in [-0.05, 0) is 45.3 Å². The molecule has 112 valence electrons. The van der Waals surface area contributed by atoms with Gasteiger partial charge in [-0.2, -0.15) is 11.8 Å². The molecule has 1 aliphatic carbocycles. The van der Waals surface area contributed by atoms with Crippen LogP contribution in [0.15, 0.2) is 0 Å². The summed E-state index contributed by atoms with van der Waals surface area (Å²) < 4.78 is 0.126. The minimum absolute atomic E-state index is 0.0260. The number of nitrogens with zero attached hydrogens (tertiary/aromatic N) is 1. The average molecular weight is 296 g/mol. The molecule has 0 aromatic carbocycles. The van der Waals surface area contributed by atoms with E-state index in [0.717, 1.165) is 32.1 Å². The largest absolute Gasteiger partial charge is 0.340 e. The quantitative estimate of drug-likeness (QED) is 0.847. The Bertz CT molecular complexity index is 426. The van der Waals surface area contributed by atoms with Crippen molar-refractivity contribution >= 4 is 23.6 Å². The number of carbonyl (C=O) groups excluding carboxylic acids is 2. The number of rotatable bonds is 2. The van der Waals surface area contributed by atoms with Gasteiger partial charge in [0.2, 0.25) is 11.8 Å². The van der Waals surface area contributed by atoms with Crippen LogP contribution in [-0.4, -0.2) is 45.3 Å². The van der Waals surface area contributed by atoms with Crippen LogP contribution in [0.1, 0.15) is 52.4 Å². The minimum Gasteiger partial charge on any atom is -0.340 e. The van der Waals surface area contributed by atoms with E-state index >= 15 is 0 Å². The molecule has 0 aromatic rings. The Kier molecular flexibility index (Phi) is 3.51. The van der Waals surface area contributed by atoms with Crippen molar-refractivity contribution in [3.63, 3.8) is 0 Å². The van der Waals surface area contributed by atoms with Crippen LogP contribution in [0.4, 0.5) is 0 Å². The third kappa shape index (κ3) is 2.24. The van der Waals surface area contributed by atoms with Gasteiger partial charge >= 0.3 is 0 Å². The predicted octanol–water partition coefficient (Wildman–Crippen LogP) is 1.93. The van der Waals surface area contributed by atoms with Crippen molar-refractivity contribution in [2.24, 2.45) is 0 Å². The molecule has 0 radical (unpaired) electrons. The highest BCUT2D eigenvalue weighted by molar-refractivity contribution is 8.00. The highest BCUT2D eigenvalue weighted by atomic mass is 32.2. The summed E-state index contributed by atoms with van der Waals surface area (Å²) in [7, 11) is 0. The monoisotopic (exact) mass is 296 g/mol. The van der Waals surface area contributed by atoms with Crippen LogP contribution in [0.5, 0.6) is 0 Å². The zero-order chi connectivity index (χ0) is 14.4. The molecule has 1 saturated carbocycles. The Hall–Kier alpha value is -0.710. The van der Waals surface area contributed by atoms with Crippen molar-refractivity contribution in [2.75, 3.05) is 12.3 Å². The molecule has 2 unspecified atom stereocenters. The first-order valence-corrected chi connectivity index (χ1v) is 8.71. The Balaban J connectivity index is 1.83. The summed E-state index contributed by atoms with van der Waals surface area (Å²) >= 11 is 1.95. The Labute approximate surface area is 125 Å². The van der Waals surface area contributed by atoms with E-state index in [1.54, 1.807) is 0 Å². The third-order valence-corrected chi connectivity index (χ3v) is 6.67. The molecule has 2 saturated heterocycles. The van der Waals surface area contributed by atoms with E-state index in [9.17, 15) is 9.59 Å². The summed E-state index contributed by atoms with van der Waals surface area (Å²) in [6.07, 6.45) is 6.06. The van der Waals surface area contributed by atoms with Gasteiger partial charge in [0, 0.05) is 11.3 Å². The molecule has 1 N–H and O–H groups in total. The first-order valence-electron chi connectivity index (χ1n) is 7.73. The van der Waals surface area contributed by atoms with Gasteiger partial charge in [0.15, 0.2) is 0 Å². The second-order valence-electron chi connectivity index (χ2n) is 6.79. The number of nitrogens with one attached hydrogen (secondary N) is 1. The Morgan fingerprint density at radius 1 is 1.25 bits per heavy atom. The Morgan fingerprint density at radius 3 is 2.55 bits per heavy atom. The molecule has 0 bridgehead atoms. The summed E-state index contributed by atoms with van der Waals surface area (Å²) in [6.45, 7) is 4.81. The molecule has 0 aromatic heterocycles. The number of hydrogen-bond acceptors (Lipinski definition) is 3. The maximum Gasteiger partial charge on any atom is 0.249 e. The maximum atomic E-state index is 12.9. The molecule has 3 fully saturated rings. The fraction of sp³-hybridized carbons (Fsp3) is 0.867. The zero-order valence-electron chi connectivity index (χ0n) is 12.4. The van der Waals surface area contributed by atoms with Gasteiger partial charge in [-0.15, -0.1) is 0 Å². The molecule has 20 heavy (non-hydrogen) atoms. The van der Waals surface area contributed by atoms with E-state index in [1.165, 1.54) is 12.2 Å². The molecule has 4 nitrogen and oxygen atoms in total. The molecule has 2 atom stereocenters. The van der Waals surface area contributed by atoms with Crippen LogP contribution in [0.3, 0.4) is 0 Å². The smallest absolute Gasteiger partial charge is 0.249 e. The first kappa shape index (κ1) is 14.2. The number of thioether (sulfide) groups is 1. The number of hydrogen-bond donors (Lipinski definition) is 1. The average Bonchev–Trinajstić information content (AvgIpc) is 3.03. The summed E-state index contributed by atoms with van der Waals surface area (Å²) in [5.41, 5.74) is -0.580. The van der Waals surface area contributed by atoms with E-state index in [4.69, 9.17) is 0 Å². The molecule has 3 aliphatic rings. The van der Waals surface area contributed by atoms with Gasteiger partial charge in [0.25, 0.3) is 0 Å². The SMILES string of the molecule is CC1C(=O)NC2(CCCC2)C(=O)N1CC1(C)CCCS1. The summed E-state index contributed by atoms with van der Waals surface area (Å²) in [5.74, 6) is 1.36. The summed E-state index contributed by atoms with van der Waals surface area (Å²) in [4.78, 5) is 27.1. The van der Waals surface area contributed by atoms with Crippen LogP contribution in [0, 0.1) is 0 Å². The van der Waals surface area contributed by atoms with E-state index in [1.807, 2.05) is 23.6 Å². The molecule has 5 heteroatoms. The lowest BCUT2D eigenvalue weighted by molar-refractivity contribution is -0.154. The van der Waals surface area contributed by atoms with Crippen molar-refractivity contribution in [2.45, 2.75) is 68.7 Å². The number of piperazine rings is 1. The van der Waals surface area contributed by atoms with Crippen molar-refractivity contribution in [1.82, 2.24) is 10.2 Å². The van der Waals surface area contributed by atoms with E-state index < -0.39 is 5.54 Å². The van der Waals surface area contributed by atoms with Crippen LogP contribution >= 0.6 is 11.8 Å². The van der Waals surface area contributed by atoms with Crippen molar-refractivity contribution in [3.8, 4) is 0 Å². The number of amides is 2. The van der Waals surface area contributed by atoms with Gasteiger partial charge in [-0.1, -0.05) is 12.8 Å². The van der Waals surface area contributed by atoms with E-state index in [0.29, 0.717) is 6.54 Å². The van der Waals surface area contributed by atoms with Gasteiger partial charge in [0.1, 0.15) is 11.6 Å². The van der Waals surface area contributed by atoms with Gasteiger partial charge < -0.3 is 10.2 Å². The molecule has 1 spiro atoms. The third-order valence-electron chi connectivity index (χ3n) is 5.14. The minimum atomic E-state index is -0.580. The Morgan fingerprint density at radius 2 is 1.95 bits per heavy atom. The summed E-state index contributed by atoms with van der Waals surface area (Å²) in [6, 6.07) is -0.327. The molecule has 2 heterocycles. The summed E-state index contributed by atoms with van der Waals surface area (Å²) in [5, 5.41) is 3.02. The molecular formula is C15H24N2O2S. The lowest BCUT2D eigenvalue weighted by Gasteiger charge is -2.45. The van der Waals surface area contributed by atoms with E-state index in [2.05, 4.69) is 12.2 Å². The fourth-order valence-electron chi connectivity index (χ4n) is 3.83. The van der Waals surface area contributed by atoms with Crippen LogP contribution in [-0.2, 0) is 9.59 Å². The van der Waals surface area contributed by atoms with Crippen LogP contribution in [0.2, 0.25) is 0 Å². The standard InChI is InChI=1S/C15H24N2O2S/c1-11-12(18)16-15(7-3-4-8-15)13(19)17(11)10-14(2)6-5-9-20-14/h11H,3-10H2,1-2H3,(H,16,18). The lowest BCUT2D eigenvalue weighted by Crippen LogP contribution is -2.69. The van der Waals surface area contributed by atoms with Crippen LogP contribution < -0.4 is 5.32 Å². The van der Waals surface area contributed by atoms with Crippen molar-refractivity contribution in [1.29, 1.82) is 0 Å². The highest BCUT2D eigenvalue weighted by Crippen LogP contribution is 2.41. The first-order chi connectivity index (χ1) is 9.46.